The molecular formula is C12H17N. The molecule has 0 heterocycles. The van der Waals surface area contributed by atoms with Crippen LogP contribution in [0.3, 0.4) is 0 Å². The molecular weight excluding hydrogens is 158 g/mol. The van der Waals surface area contributed by atoms with E-state index in [1.54, 1.807) is 0 Å². The maximum Gasteiger partial charge on any atom is -0.00146 e. The smallest absolute Gasteiger partial charge is 0.00146 e. The Morgan fingerprint density at radius 2 is 2.00 bits per heavy atom. The lowest BCUT2D eigenvalue weighted by Crippen LogP contribution is -2.07. The van der Waals surface area contributed by atoms with E-state index >= 15 is 0 Å². The van der Waals surface area contributed by atoms with Gasteiger partial charge in [-0.15, -0.1) is 0 Å². The first-order chi connectivity index (χ1) is 6.33. The highest BCUT2D eigenvalue weighted by Crippen LogP contribution is 2.07. The van der Waals surface area contributed by atoms with Gasteiger partial charge in [-0.3, -0.25) is 0 Å². The second-order valence-corrected chi connectivity index (χ2v) is 3.25. The third-order valence-corrected chi connectivity index (χ3v) is 1.98. The van der Waals surface area contributed by atoms with Crippen molar-refractivity contribution in [2.45, 2.75) is 13.3 Å². The Kier molecular flexibility index (Phi) is 4.27. The molecule has 1 aromatic carbocycles. The maximum atomic E-state index is 3.14. The molecule has 0 bridgehead atoms. The summed E-state index contributed by atoms with van der Waals surface area (Å²) in [6.07, 6.45) is 3.35. The summed E-state index contributed by atoms with van der Waals surface area (Å²) < 4.78 is 0. The van der Waals surface area contributed by atoms with Gasteiger partial charge in [0.1, 0.15) is 0 Å². The van der Waals surface area contributed by atoms with Crippen molar-refractivity contribution in [2.75, 3.05) is 13.6 Å². The van der Waals surface area contributed by atoms with Crippen LogP contribution < -0.4 is 5.32 Å². The van der Waals surface area contributed by atoms with Gasteiger partial charge in [-0.05, 0) is 32.5 Å². The monoisotopic (exact) mass is 175 g/mol. The highest BCUT2D eigenvalue weighted by Gasteiger charge is 1.89. The maximum absolute atomic E-state index is 3.14. The minimum Gasteiger partial charge on any atom is -0.319 e. The molecule has 0 atom stereocenters. The van der Waals surface area contributed by atoms with Gasteiger partial charge in [-0.1, -0.05) is 42.0 Å². The van der Waals surface area contributed by atoms with Crippen molar-refractivity contribution in [1.82, 2.24) is 5.32 Å². The summed E-state index contributed by atoms with van der Waals surface area (Å²) in [4.78, 5) is 0. The molecule has 0 radical (unpaired) electrons. The molecule has 0 aromatic heterocycles. The summed E-state index contributed by atoms with van der Waals surface area (Å²) >= 11 is 0. The Morgan fingerprint density at radius 3 is 2.62 bits per heavy atom. The molecule has 70 valence electrons. The van der Waals surface area contributed by atoms with Gasteiger partial charge in [-0.2, -0.15) is 0 Å². The van der Waals surface area contributed by atoms with Gasteiger partial charge in [0.25, 0.3) is 0 Å². The summed E-state index contributed by atoms with van der Waals surface area (Å²) in [5, 5.41) is 3.14. The number of hydrogen-bond acceptors (Lipinski definition) is 1. The molecule has 0 amide bonds. The molecule has 0 unspecified atom stereocenters. The fraction of sp³-hybridized carbons (Fsp3) is 0.333. The van der Waals surface area contributed by atoms with Crippen LogP contribution in [0.5, 0.6) is 0 Å². The van der Waals surface area contributed by atoms with Crippen LogP contribution in [0, 0.1) is 0 Å². The van der Waals surface area contributed by atoms with Crippen molar-refractivity contribution in [3.8, 4) is 0 Å². The summed E-state index contributed by atoms with van der Waals surface area (Å²) in [5.74, 6) is 0. The van der Waals surface area contributed by atoms with Gasteiger partial charge in [0.15, 0.2) is 0 Å². The van der Waals surface area contributed by atoms with Crippen LogP contribution in [0.2, 0.25) is 0 Å². The zero-order valence-electron chi connectivity index (χ0n) is 8.38. The van der Waals surface area contributed by atoms with E-state index in [1.807, 2.05) is 13.1 Å². The fourth-order valence-electron chi connectivity index (χ4n) is 1.23. The van der Waals surface area contributed by atoms with E-state index in [9.17, 15) is 0 Å². The highest BCUT2D eigenvalue weighted by molar-refractivity contribution is 5.51. The lowest BCUT2D eigenvalue weighted by Gasteiger charge is -2.00. The third-order valence-electron chi connectivity index (χ3n) is 1.98. The molecule has 0 aliphatic heterocycles. The predicted octanol–water partition coefficient (Wildman–Crippen LogP) is 2.70. The molecule has 13 heavy (non-hydrogen) atoms. The first-order valence-electron chi connectivity index (χ1n) is 4.70. The lowest BCUT2D eigenvalue weighted by atomic mass is 10.1. The van der Waals surface area contributed by atoms with Crippen LogP contribution in [0.4, 0.5) is 0 Å². The molecule has 0 aliphatic rings. The second-order valence-electron chi connectivity index (χ2n) is 3.25. The molecule has 1 rings (SSSR count). The summed E-state index contributed by atoms with van der Waals surface area (Å²) in [6.45, 7) is 3.22. The Labute approximate surface area is 80.5 Å². The Morgan fingerprint density at radius 1 is 1.31 bits per heavy atom. The highest BCUT2D eigenvalue weighted by atomic mass is 14.8. The summed E-state index contributed by atoms with van der Waals surface area (Å²) in [6, 6.07) is 10.4. The van der Waals surface area contributed by atoms with Crippen LogP contribution in [0.25, 0.3) is 6.08 Å². The van der Waals surface area contributed by atoms with E-state index in [2.05, 4.69) is 42.6 Å². The number of benzene rings is 1. The van der Waals surface area contributed by atoms with Crippen molar-refractivity contribution in [2.24, 2.45) is 0 Å². The first-order valence-corrected chi connectivity index (χ1v) is 4.70. The molecule has 1 nitrogen and oxygen atoms in total. The van der Waals surface area contributed by atoms with Crippen molar-refractivity contribution >= 4 is 6.08 Å². The molecule has 1 aromatic rings. The zero-order chi connectivity index (χ0) is 9.52. The van der Waals surface area contributed by atoms with Gasteiger partial charge >= 0.3 is 0 Å². The standard InChI is InChI=1S/C12H17N/c1-11(8-9-13-2)10-12-6-4-3-5-7-12/h3-7,10,13H,8-9H2,1-2H3/b11-10+. The predicted molar refractivity (Wildman–Crippen MR) is 58.6 cm³/mol. The van der Waals surface area contributed by atoms with Gasteiger partial charge in [0.2, 0.25) is 0 Å². The zero-order valence-corrected chi connectivity index (χ0v) is 8.38. The van der Waals surface area contributed by atoms with Crippen LogP contribution in [-0.2, 0) is 0 Å². The Balaban J connectivity index is 2.55. The first kappa shape index (κ1) is 10.0. The fourth-order valence-corrected chi connectivity index (χ4v) is 1.23. The van der Waals surface area contributed by atoms with E-state index in [0.29, 0.717) is 0 Å². The molecule has 1 N–H and O–H groups in total. The second kappa shape index (κ2) is 5.55. The van der Waals surface area contributed by atoms with E-state index in [4.69, 9.17) is 0 Å². The van der Waals surface area contributed by atoms with Crippen molar-refractivity contribution in [3.05, 3.63) is 41.5 Å². The molecule has 0 saturated carbocycles. The SMILES string of the molecule is CNCC/C(C)=C/c1ccccc1. The third kappa shape index (κ3) is 3.90. The van der Waals surface area contributed by atoms with E-state index < -0.39 is 0 Å². The van der Waals surface area contributed by atoms with E-state index in [-0.39, 0.29) is 0 Å². The largest absolute Gasteiger partial charge is 0.319 e. The minimum absolute atomic E-state index is 1.05. The van der Waals surface area contributed by atoms with Gasteiger partial charge in [-0.25, -0.2) is 0 Å². The average Bonchev–Trinajstić information content (AvgIpc) is 2.16. The van der Waals surface area contributed by atoms with E-state index in [1.165, 1.54) is 11.1 Å². The number of hydrogen-bond donors (Lipinski definition) is 1. The molecule has 0 fully saturated rings. The topological polar surface area (TPSA) is 12.0 Å². The van der Waals surface area contributed by atoms with Crippen molar-refractivity contribution in [3.63, 3.8) is 0 Å². The molecule has 0 aliphatic carbocycles. The average molecular weight is 175 g/mol. The minimum atomic E-state index is 1.05. The van der Waals surface area contributed by atoms with Gasteiger partial charge in [0, 0.05) is 0 Å². The normalized spacial score (nSPS) is 11.7. The van der Waals surface area contributed by atoms with Crippen LogP contribution in [-0.4, -0.2) is 13.6 Å². The Bertz CT molecular complexity index is 262. The summed E-state index contributed by atoms with van der Waals surface area (Å²) in [7, 11) is 1.98. The van der Waals surface area contributed by atoms with Crippen molar-refractivity contribution in [1.29, 1.82) is 0 Å². The van der Waals surface area contributed by atoms with Gasteiger partial charge < -0.3 is 5.32 Å². The van der Waals surface area contributed by atoms with Gasteiger partial charge in [0.05, 0.1) is 0 Å². The number of nitrogens with one attached hydrogen (secondary N) is 1. The lowest BCUT2D eigenvalue weighted by molar-refractivity contribution is 0.788. The summed E-state index contributed by atoms with van der Waals surface area (Å²) in [5.41, 5.74) is 2.71. The molecule has 1 heteroatoms. The van der Waals surface area contributed by atoms with Crippen LogP contribution >= 0.6 is 0 Å². The van der Waals surface area contributed by atoms with E-state index in [0.717, 1.165) is 13.0 Å². The molecule has 0 spiro atoms. The van der Waals surface area contributed by atoms with Crippen LogP contribution in [0.1, 0.15) is 18.9 Å². The Hall–Kier alpha value is -1.08. The molecule has 0 saturated heterocycles. The quantitative estimate of drug-likeness (QED) is 0.742. The number of rotatable bonds is 4. The van der Waals surface area contributed by atoms with Crippen molar-refractivity contribution < 1.29 is 0 Å². The van der Waals surface area contributed by atoms with Crippen LogP contribution in [0.15, 0.2) is 35.9 Å².